The van der Waals surface area contributed by atoms with Gasteiger partial charge in [0.2, 0.25) is 0 Å². The Morgan fingerprint density at radius 1 is 1.05 bits per heavy atom. The SMILES string of the molecule is Cc1nc2nc(Cc3nc4cccnc4s3)cnc2s1. The van der Waals surface area contributed by atoms with Crippen molar-refractivity contribution in [1.82, 2.24) is 24.9 Å². The molecule has 0 saturated carbocycles. The fourth-order valence-electron chi connectivity index (χ4n) is 1.99. The van der Waals surface area contributed by atoms with Gasteiger partial charge in [0.05, 0.1) is 16.9 Å². The summed E-state index contributed by atoms with van der Waals surface area (Å²) in [5, 5.41) is 1.99. The second-order valence-electron chi connectivity index (χ2n) is 4.34. The van der Waals surface area contributed by atoms with Crippen LogP contribution in [-0.4, -0.2) is 24.9 Å². The fraction of sp³-hybridized carbons (Fsp3) is 0.154. The first kappa shape index (κ1) is 11.8. The summed E-state index contributed by atoms with van der Waals surface area (Å²) in [5.74, 6) is 0. The molecule has 0 aliphatic rings. The van der Waals surface area contributed by atoms with Crippen LogP contribution in [0.3, 0.4) is 0 Å². The van der Waals surface area contributed by atoms with Crippen LogP contribution in [0.4, 0.5) is 0 Å². The summed E-state index contributed by atoms with van der Waals surface area (Å²) in [7, 11) is 0. The van der Waals surface area contributed by atoms with Crippen LogP contribution in [0.15, 0.2) is 24.5 Å². The third kappa shape index (κ3) is 2.04. The van der Waals surface area contributed by atoms with Gasteiger partial charge in [-0.1, -0.05) is 22.7 Å². The van der Waals surface area contributed by atoms with Gasteiger partial charge in [-0.25, -0.2) is 24.9 Å². The van der Waals surface area contributed by atoms with Crippen molar-refractivity contribution in [3.8, 4) is 0 Å². The molecule has 0 N–H and O–H groups in total. The van der Waals surface area contributed by atoms with E-state index < -0.39 is 0 Å². The smallest absolute Gasteiger partial charge is 0.190 e. The van der Waals surface area contributed by atoms with Gasteiger partial charge in [-0.05, 0) is 19.1 Å². The van der Waals surface area contributed by atoms with E-state index in [0.29, 0.717) is 6.42 Å². The quantitative estimate of drug-likeness (QED) is 0.569. The Kier molecular flexibility index (Phi) is 2.68. The number of nitrogens with zero attached hydrogens (tertiary/aromatic N) is 5. The van der Waals surface area contributed by atoms with Crippen molar-refractivity contribution in [3.63, 3.8) is 0 Å². The molecular weight excluding hydrogens is 290 g/mol. The summed E-state index contributed by atoms with van der Waals surface area (Å²) < 4.78 is 0. The van der Waals surface area contributed by atoms with E-state index in [1.165, 1.54) is 0 Å². The fourth-order valence-corrected chi connectivity index (χ4v) is 3.61. The van der Waals surface area contributed by atoms with Gasteiger partial charge in [-0.2, -0.15) is 0 Å². The summed E-state index contributed by atoms with van der Waals surface area (Å²) in [6.45, 7) is 1.97. The highest BCUT2D eigenvalue weighted by atomic mass is 32.1. The lowest BCUT2D eigenvalue weighted by atomic mass is 10.3. The van der Waals surface area contributed by atoms with E-state index >= 15 is 0 Å². The molecule has 0 bridgehead atoms. The molecule has 20 heavy (non-hydrogen) atoms. The van der Waals surface area contributed by atoms with Crippen LogP contribution in [0.25, 0.3) is 20.8 Å². The lowest BCUT2D eigenvalue weighted by molar-refractivity contribution is 1.04. The highest BCUT2D eigenvalue weighted by Gasteiger charge is 2.09. The molecule has 0 aliphatic heterocycles. The molecule has 4 aromatic rings. The molecule has 4 rings (SSSR count). The van der Waals surface area contributed by atoms with Crippen molar-refractivity contribution in [2.45, 2.75) is 13.3 Å². The van der Waals surface area contributed by atoms with Gasteiger partial charge in [0.25, 0.3) is 0 Å². The molecule has 5 nitrogen and oxygen atoms in total. The van der Waals surface area contributed by atoms with E-state index in [-0.39, 0.29) is 0 Å². The maximum atomic E-state index is 4.56. The van der Waals surface area contributed by atoms with E-state index in [1.54, 1.807) is 35.1 Å². The van der Waals surface area contributed by atoms with E-state index in [1.807, 2.05) is 19.1 Å². The van der Waals surface area contributed by atoms with Gasteiger partial charge < -0.3 is 0 Å². The monoisotopic (exact) mass is 299 g/mol. The number of pyridine rings is 1. The van der Waals surface area contributed by atoms with E-state index in [0.717, 1.165) is 36.5 Å². The average molecular weight is 299 g/mol. The van der Waals surface area contributed by atoms with Crippen LogP contribution in [0.2, 0.25) is 0 Å². The second kappa shape index (κ2) is 4.53. The van der Waals surface area contributed by atoms with Gasteiger partial charge in [0.1, 0.15) is 15.4 Å². The molecule has 0 aromatic carbocycles. The summed E-state index contributed by atoms with van der Waals surface area (Å²) in [4.78, 5) is 24.0. The molecule has 4 aromatic heterocycles. The average Bonchev–Trinajstić information content (AvgIpc) is 2.99. The normalized spacial score (nSPS) is 11.4. The van der Waals surface area contributed by atoms with Crippen LogP contribution in [0.1, 0.15) is 15.7 Å². The van der Waals surface area contributed by atoms with Gasteiger partial charge in [0, 0.05) is 12.6 Å². The van der Waals surface area contributed by atoms with Crippen molar-refractivity contribution in [2.24, 2.45) is 0 Å². The summed E-state index contributed by atoms with van der Waals surface area (Å²) in [5.41, 5.74) is 2.55. The van der Waals surface area contributed by atoms with Crippen LogP contribution in [0, 0.1) is 6.92 Å². The Bertz CT molecular complexity index is 878. The molecule has 0 spiro atoms. The largest absolute Gasteiger partial charge is 0.244 e. The highest BCUT2D eigenvalue weighted by Crippen LogP contribution is 2.22. The molecule has 0 radical (unpaired) electrons. The summed E-state index contributed by atoms with van der Waals surface area (Å²) >= 11 is 3.16. The van der Waals surface area contributed by atoms with Crippen molar-refractivity contribution in [1.29, 1.82) is 0 Å². The third-order valence-electron chi connectivity index (χ3n) is 2.82. The van der Waals surface area contributed by atoms with E-state index in [9.17, 15) is 0 Å². The maximum absolute atomic E-state index is 4.56. The van der Waals surface area contributed by atoms with Crippen LogP contribution in [0.5, 0.6) is 0 Å². The van der Waals surface area contributed by atoms with Crippen molar-refractivity contribution in [3.05, 3.63) is 40.2 Å². The van der Waals surface area contributed by atoms with E-state index in [4.69, 9.17) is 0 Å². The molecule has 0 saturated heterocycles. The minimum absolute atomic E-state index is 0.667. The predicted molar refractivity (Wildman–Crippen MR) is 80.2 cm³/mol. The zero-order valence-corrected chi connectivity index (χ0v) is 12.2. The standard InChI is InChI=1S/C13H9N5S2/c1-7-16-11-13(19-7)15-6-8(17-11)5-10-18-9-3-2-4-14-12(9)20-10/h2-4,6H,5H2,1H3. The first-order valence-corrected chi connectivity index (χ1v) is 7.71. The number of thiazole rings is 2. The Morgan fingerprint density at radius 3 is 2.90 bits per heavy atom. The number of aromatic nitrogens is 5. The number of hydrogen-bond acceptors (Lipinski definition) is 7. The Hall–Kier alpha value is -1.99. The van der Waals surface area contributed by atoms with Crippen LogP contribution < -0.4 is 0 Å². The minimum atomic E-state index is 0.667. The van der Waals surface area contributed by atoms with Crippen molar-refractivity contribution in [2.75, 3.05) is 0 Å². The number of rotatable bonds is 2. The topological polar surface area (TPSA) is 64.5 Å². The number of hydrogen-bond donors (Lipinski definition) is 0. The molecule has 4 heterocycles. The molecule has 0 aliphatic carbocycles. The lowest BCUT2D eigenvalue weighted by Gasteiger charge is -1.95. The van der Waals surface area contributed by atoms with Gasteiger partial charge >= 0.3 is 0 Å². The number of aryl methyl sites for hydroxylation is 1. The zero-order chi connectivity index (χ0) is 13.5. The van der Waals surface area contributed by atoms with Crippen molar-refractivity contribution < 1.29 is 0 Å². The Labute approximate surface area is 122 Å². The number of fused-ring (bicyclic) bond motifs is 2. The second-order valence-corrected chi connectivity index (χ2v) is 6.58. The lowest BCUT2D eigenvalue weighted by Crippen LogP contribution is -1.93. The Balaban J connectivity index is 1.72. The first-order chi connectivity index (χ1) is 9.78. The van der Waals surface area contributed by atoms with E-state index in [2.05, 4.69) is 24.9 Å². The summed E-state index contributed by atoms with van der Waals surface area (Å²) in [6.07, 6.45) is 4.26. The molecular formula is C13H9N5S2. The summed E-state index contributed by atoms with van der Waals surface area (Å²) in [6, 6.07) is 3.87. The molecule has 0 fully saturated rings. The highest BCUT2D eigenvalue weighted by molar-refractivity contribution is 7.18. The van der Waals surface area contributed by atoms with Gasteiger partial charge in [-0.3, -0.25) is 0 Å². The van der Waals surface area contributed by atoms with Crippen LogP contribution >= 0.6 is 22.7 Å². The predicted octanol–water partition coefficient (Wildman–Crippen LogP) is 2.99. The molecule has 0 unspecified atom stereocenters. The van der Waals surface area contributed by atoms with Gasteiger partial charge in [-0.15, -0.1) is 0 Å². The first-order valence-electron chi connectivity index (χ1n) is 6.07. The van der Waals surface area contributed by atoms with Crippen LogP contribution in [-0.2, 0) is 6.42 Å². The minimum Gasteiger partial charge on any atom is -0.244 e. The van der Waals surface area contributed by atoms with Crippen molar-refractivity contribution >= 4 is 43.5 Å². The van der Waals surface area contributed by atoms with Gasteiger partial charge in [0.15, 0.2) is 10.5 Å². The molecule has 7 heteroatoms. The molecule has 0 atom stereocenters. The third-order valence-corrected chi connectivity index (χ3v) is 4.67. The molecule has 98 valence electrons. The Morgan fingerprint density at radius 2 is 2.00 bits per heavy atom. The zero-order valence-electron chi connectivity index (χ0n) is 10.6. The molecule has 0 amide bonds. The maximum Gasteiger partial charge on any atom is 0.190 e.